The van der Waals surface area contributed by atoms with Gasteiger partial charge in [0.25, 0.3) is 11.8 Å². The molecule has 1 aromatic rings. The molecular formula is C13H14N4O6. The van der Waals surface area contributed by atoms with Gasteiger partial charge in [0.05, 0.1) is 22.6 Å². The number of likely N-dealkylation sites (N-methyl/N-ethyl adjacent to an activating group) is 1. The average Bonchev–Trinajstić information content (AvgIpc) is 2.77. The summed E-state index contributed by atoms with van der Waals surface area (Å²) in [4.78, 5) is 40.1. The van der Waals surface area contributed by atoms with Crippen LogP contribution >= 0.6 is 0 Å². The molecule has 0 aromatic heterocycles. The number of fused-ring (bicyclic) bond motifs is 1. The molecule has 0 atom stereocenters. The van der Waals surface area contributed by atoms with Crippen molar-refractivity contribution in [1.82, 2.24) is 9.91 Å². The maximum Gasteiger partial charge on any atom is 0.329 e. The molecule has 10 heteroatoms. The summed E-state index contributed by atoms with van der Waals surface area (Å²) in [5.41, 5.74) is 0.502. The number of imide groups is 1. The van der Waals surface area contributed by atoms with Crippen LogP contribution in [0.15, 0.2) is 29.5 Å². The summed E-state index contributed by atoms with van der Waals surface area (Å²) in [6, 6.07) is 6.28. The smallest absolute Gasteiger partial charge is 0.329 e. The molecule has 1 N–H and O–H groups in total. The maximum atomic E-state index is 12.0. The van der Waals surface area contributed by atoms with Gasteiger partial charge in [-0.3, -0.25) is 14.4 Å². The van der Waals surface area contributed by atoms with E-state index in [1.807, 2.05) is 0 Å². The lowest BCUT2D eigenvalue weighted by Crippen LogP contribution is -2.36. The van der Waals surface area contributed by atoms with Crippen molar-refractivity contribution < 1.29 is 29.3 Å². The normalized spacial score (nSPS) is 14.0. The highest BCUT2D eigenvalue weighted by Gasteiger charge is 2.35. The summed E-state index contributed by atoms with van der Waals surface area (Å²) >= 11 is 0. The van der Waals surface area contributed by atoms with Crippen LogP contribution in [0, 0.1) is 5.21 Å². The fraction of sp³-hybridized carbons (Fsp3) is 0.308. The number of hydrazine groups is 1. The number of hydrogen-bond acceptors (Lipinski definition) is 6. The number of carboxylic acid groups (broad SMARTS) is 1. The van der Waals surface area contributed by atoms with E-state index in [0.29, 0.717) is 0 Å². The van der Waals surface area contributed by atoms with Crippen molar-refractivity contribution in [3.63, 3.8) is 0 Å². The number of benzene rings is 1. The Morgan fingerprint density at radius 2 is 1.91 bits per heavy atom. The van der Waals surface area contributed by atoms with Crippen molar-refractivity contribution in [3.8, 4) is 0 Å². The summed E-state index contributed by atoms with van der Waals surface area (Å²) in [5, 5.41) is 24.2. The third-order valence-corrected chi connectivity index (χ3v) is 3.12. The van der Waals surface area contributed by atoms with Gasteiger partial charge in [0, 0.05) is 0 Å². The Bertz CT molecular complexity index is 639. The second-order valence-electron chi connectivity index (χ2n) is 4.55. The highest BCUT2D eigenvalue weighted by Crippen LogP contribution is 2.22. The molecule has 0 bridgehead atoms. The number of carbonyl (C=O) groups excluding carboxylic acids is 2. The summed E-state index contributed by atoms with van der Waals surface area (Å²) in [6.45, 7) is 0.554. The van der Waals surface area contributed by atoms with Crippen molar-refractivity contribution >= 4 is 17.8 Å². The Morgan fingerprint density at radius 1 is 1.35 bits per heavy atom. The summed E-state index contributed by atoms with van der Waals surface area (Å²) in [7, 11) is 0. The Kier molecular flexibility index (Phi) is 4.74. The lowest BCUT2D eigenvalue weighted by molar-refractivity contribution is -0.708. The molecule has 0 aliphatic carbocycles. The molecule has 1 heterocycles. The van der Waals surface area contributed by atoms with Crippen LogP contribution in [0.5, 0.6) is 0 Å². The standard InChI is InChI=1S/C13H14N4O6/c1-2-15(7-11(18)19)17(22)14-23-8-16-12(20)9-5-3-4-6-10(9)13(16)21/h3-6H,2,7-8H2,1H3,(H,18,19)/b17-14-. The third-order valence-electron chi connectivity index (χ3n) is 3.12. The van der Waals surface area contributed by atoms with Crippen molar-refractivity contribution in [1.29, 1.82) is 0 Å². The maximum absolute atomic E-state index is 12.0. The van der Waals surface area contributed by atoms with E-state index in [2.05, 4.69) is 5.28 Å². The van der Waals surface area contributed by atoms with Crippen LogP contribution in [-0.2, 0) is 9.63 Å². The van der Waals surface area contributed by atoms with Crippen molar-refractivity contribution in [2.75, 3.05) is 19.8 Å². The van der Waals surface area contributed by atoms with E-state index in [0.717, 1.165) is 9.91 Å². The summed E-state index contributed by atoms with van der Waals surface area (Å²) in [5.74, 6) is -2.30. The molecule has 122 valence electrons. The van der Waals surface area contributed by atoms with Gasteiger partial charge in [0.1, 0.15) is 0 Å². The Morgan fingerprint density at radius 3 is 2.39 bits per heavy atom. The number of hydrogen-bond donors (Lipinski definition) is 1. The van der Waals surface area contributed by atoms with E-state index in [1.165, 1.54) is 12.1 Å². The van der Waals surface area contributed by atoms with E-state index in [4.69, 9.17) is 9.94 Å². The molecule has 1 aromatic carbocycles. The largest absolute Gasteiger partial charge is 0.569 e. The molecular weight excluding hydrogens is 308 g/mol. The first kappa shape index (κ1) is 16.2. The average molecular weight is 322 g/mol. The van der Waals surface area contributed by atoms with E-state index in [-0.39, 0.29) is 22.6 Å². The molecule has 0 fully saturated rings. The molecule has 2 rings (SSSR count). The topological polar surface area (TPSA) is 126 Å². The van der Waals surface area contributed by atoms with Crippen LogP contribution in [0.4, 0.5) is 0 Å². The van der Waals surface area contributed by atoms with Crippen LogP contribution in [0.2, 0.25) is 0 Å². The second-order valence-corrected chi connectivity index (χ2v) is 4.55. The van der Waals surface area contributed by atoms with Gasteiger partial charge < -0.3 is 15.2 Å². The zero-order valence-corrected chi connectivity index (χ0v) is 12.2. The number of carbonyl (C=O) groups is 3. The SMILES string of the molecule is CCN(CC(=O)O)/[N+]([O-])=N/OCN1C(=O)c2ccccc2C1=O. The quantitative estimate of drug-likeness (QED) is 0.334. The molecule has 0 saturated heterocycles. The van der Waals surface area contributed by atoms with Crippen molar-refractivity contribution in [2.24, 2.45) is 5.28 Å². The number of nitrogens with zero attached hydrogens (tertiary/aromatic N) is 4. The summed E-state index contributed by atoms with van der Waals surface area (Å²) < 4.78 is 0. The van der Waals surface area contributed by atoms with Gasteiger partial charge in [-0.15, -0.1) is 5.01 Å². The van der Waals surface area contributed by atoms with Gasteiger partial charge in [0.2, 0.25) is 12.0 Å². The van der Waals surface area contributed by atoms with E-state index < -0.39 is 31.1 Å². The molecule has 0 radical (unpaired) electrons. The van der Waals surface area contributed by atoms with E-state index >= 15 is 0 Å². The number of rotatable bonds is 7. The first-order valence-corrected chi connectivity index (χ1v) is 6.67. The first-order valence-electron chi connectivity index (χ1n) is 6.67. The predicted molar refractivity (Wildman–Crippen MR) is 73.8 cm³/mol. The van der Waals surface area contributed by atoms with Gasteiger partial charge in [-0.05, 0) is 19.1 Å². The van der Waals surface area contributed by atoms with Crippen LogP contribution in [0.1, 0.15) is 27.6 Å². The Labute approximate surface area is 130 Å². The Balaban J connectivity index is 1.99. The minimum Gasteiger partial charge on any atom is -0.569 e. The van der Waals surface area contributed by atoms with Crippen LogP contribution < -0.4 is 0 Å². The zero-order chi connectivity index (χ0) is 17.0. The highest BCUT2D eigenvalue weighted by atomic mass is 16.7. The monoisotopic (exact) mass is 322 g/mol. The number of amides is 2. The summed E-state index contributed by atoms with van der Waals surface area (Å²) in [6.07, 6.45) is 0. The number of aliphatic carboxylic acids is 1. The molecule has 0 unspecified atom stereocenters. The van der Waals surface area contributed by atoms with Gasteiger partial charge in [-0.2, -0.15) is 0 Å². The lowest BCUT2D eigenvalue weighted by Gasteiger charge is -2.14. The molecule has 10 nitrogen and oxygen atoms in total. The molecule has 0 saturated carbocycles. The van der Waals surface area contributed by atoms with Crippen LogP contribution in [0.3, 0.4) is 0 Å². The lowest BCUT2D eigenvalue weighted by atomic mass is 10.1. The molecule has 1 aliphatic rings. The molecule has 23 heavy (non-hydrogen) atoms. The van der Waals surface area contributed by atoms with Gasteiger partial charge in [-0.1, -0.05) is 12.1 Å². The van der Waals surface area contributed by atoms with Crippen molar-refractivity contribution in [2.45, 2.75) is 6.92 Å². The minimum absolute atomic E-state index is 0.0354. The Hall–Kier alpha value is -3.17. The van der Waals surface area contributed by atoms with E-state index in [9.17, 15) is 19.6 Å². The third kappa shape index (κ3) is 3.36. The van der Waals surface area contributed by atoms with Crippen LogP contribution in [-0.4, -0.2) is 57.6 Å². The fourth-order valence-corrected chi connectivity index (χ4v) is 1.99. The fourth-order valence-electron chi connectivity index (χ4n) is 1.99. The second kappa shape index (κ2) is 6.73. The van der Waals surface area contributed by atoms with Gasteiger partial charge >= 0.3 is 5.97 Å². The highest BCUT2D eigenvalue weighted by molar-refractivity contribution is 6.21. The molecule has 1 aliphatic heterocycles. The molecule has 0 spiro atoms. The van der Waals surface area contributed by atoms with Gasteiger partial charge in [0.15, 0.2) is 6.54 Å². The van der Waals surface area contributed by atoms with Crippen LogP contribution in [0.25, 0.3) is 0 Å². The van der Waals surface area contributed by atoms with Crippen molar-refractivity contribution in [3.05, 3.63) is 40.6 Å². The predicted octanol–water partition coefficient (Wildman–Crippen LogP) is 0.456. The van der Waals surface area contributed by atoms with E-state index in [1.54, 1.807) is 19.1 Å². The first-order chi connectivity index (χ1) is 11.0. The number of carboxylic acids is 1. The van der Waals surface area contributed by atoms with Gasteiger partial charge in [-0.25, -0.2) is 4.90 Å². The zero-order valence-electron chi connectivity index (χ0n) is 12.2. The molecule has 2 amide bonds. The minimum atomic E-state index is -1.21.